The van der Waals surface area contributed by atoms with Crippen LogP contribution in [0.25, 0.3) is 0 Å². The van der Waals surface area contributed by atoms with Crippen molar-refractivity contribution in [3.63, 3.8) is 0 Å². The third-order valence-corrected chi connectivity index (χ3v) is 4.87. The molecule has 1 aliphatic carbocycles. The first kappa shape index (κ1) is 15.3. The van der Waals surface area contributed by atoms with Crippen LogP contribution in [0.1, 0.15) is 24.1 Å². The number of halogens is 1. The Kier molecular flexibility index (Phi) is 5.42. The molecule has 110 valence electrons. The summed E-state index contributed by atoms with van der Waals surface area (Å²) in [5.74, 6) is -0.546. The predicted molar refractivity (Wildman–Crippen MR) is 81.0 cm³/mol. The zero-order valence-corrected chi connectivity index (χ0v) is 13.3. The summed E-state index contributed by atoms with van der Waals surface area (Å²) in [6, 6.07) is 3.48. The summed E-state index contributed by atoms with van der Waals surface area (Å²) < 4.78 is 1.08. The number of carboxylic acids is 1. The lowest BCUT2D eigenvalue weighted by Crippen LogP contribution is -2.44. The molecule has 0 aromatic carbocycles. The number of thiophene rings is 1. The van der Waals surface area contributed by atoms with Crippen molar-refractivity contribution in [1.82, 2.24) is 10.6 Å². The SMILES string of the molecule is O=C(O)CC(NC(=O)NCCc1ccc(Br)s1)C1CC1. The van der Waals surface area contributed by atoms with Gasteiger partial charge in [0.1, 0.15) is 0 Å². The molecule has 0 aliphatic heterocycles. The molecule has 1 heterocycles. The van der Waals surface area contributed by atoms with Crippen molar-refractivity contribution >= 4 is 39.3 Å². The number of carbonyl (C=O) groups is 2. The largest absolute Gasteiger partial charge is 0.481 e. The summed E-state index contributed by atoms with van der Waals surface area (Å²) in [6.45, 7) is 0.545. The highest BCUT2D eigenvalue weighted by Crippen LogP contribution is 2.33. The van der Waals surface area contributed by atoms with Gasteiger partial charge in [0, 0.05) is 17.5 Å². The molecule has 1 aromatic rings. The van der Waals surface area contributed by atoms with Crippen LogP contribution in [0.5, 0.6) is 0 Å². The number of amides is 2. The van der Waals surface area contributed by atoms with Crippen molar-refractivity contribution in [2.75, 3.05) is 6.54 Å². The van der Waals surface area contributed by atoms with Crippen molar-refractivity contribution in [2.45, 2.75) is 31.7 Å². The minimum Gasteiger partial charge on any atom is -0.481 e. The Morgan fingerprint density at radius 2 is 2.20 bits per heavy atom. The molecule has 3 N–H and O–H groups in total. The van der Waals surface area contributed by atoms with Crippen LogP contribution in [0.15, 0.2) is 15.9 Å². The Balaban J connectivity index is 1.69. The van der Waals surface area contributed by atoms with E-state index in [0.29, 0.717) is 12.5 Å². The molecule has 0 saturated heterocycles. The van der Waals surface area contributed by atoms with E-state index in [1.165, 1.54) is 4.88 Å². The van der Waals surface area contributed by atoms with Crippen LogP contribution < -0.4 is 10.6 Å². The second-order valence-corrected chi connectivity index (χ2v) is 7.45. The lowest BCUT2D eigenvalue weighted by molar-refractivity contribution is -0.137. The van der Waals surface area contributed by atoms with E-state index in [1.54, 1.807) is 11.3 Å². The van der Waals surface area contributed by atoms with Gasteiger partial charge in [-0.05, 0) is 53.2 Å². The first-order valence-electron chi connectivity index (χ1n) is 6.55. The first-order valence-corrected chi connectivity index (χ1v) is 8.16. The van der Waals surface area contributed by atoms with E-state index in [2.05, 4.69) is 26.6 Å². The molecule has 1 fully saturated rings. The van der Waals surface area contributed by atoms with Crippen LogP contribution in [0, 0.1) is 5.92 Å². The van der Waals surface area contributed by atoms with Gasteiger partial charge in [0.15, 0.2) is 0 Å². The quantitative estimate of drug-likeness (QED) is 0.699. The van der Waals surface area contributed by atoms with Crippen LogP contribution in [0.2, 0.25) is 0 Å². The summed E-state index contributed by atoms with van der Waals surface area (Å²) >= 11 is 5.04. The number of urea groups is 1. The van der Waals surface area contributed by atoms with Crippen molar-refractivity contribution in [3.8, 4) is 0 Å². The fourth-order valence-corrected chi connectivity index (χ4v) is 3.51. The van der Waals surface area contributed by atoms with Crippen LogP contribution in [-0.2, 0) is 11.2 Å². The molecule has 1 unspecified atom stereocenters. The molecule has 1 aliphatic rings. The van der Waals surface area contributed by atoms with Gasteiger partial charge in [-0.15, -0.1) is 11.3 Å². The van der Waals surface area contributed by atoms with E-state index in [4.69, 9.17) is 5.11 Å². The maximum Gasteiger partial charge on any atom is 0.315 e. The maximum atomic E-state index is 11.7. The van der Waals surface area contributed by atoms with E-state index in [1.807, 2.05) is 12.1 Å². The minimum absolute atomic E-state index is 0.00401. The van der Waals surface area contributed by atoms with E-state index in [0.717, 1.165) is 23.0 Å². The number of carbonyl (C=O) groups excluding carboxylic acids is 1. The lowest BCUT2D eigenvalue weighted by Gasteiger charge is -2.16. The van der Waals surface area contributed by atoms with Gasteiger partial charge in [0.2, 0.25) is 0 Å². The zero-order valence-electron chi connectivity index (χ0n) is 10.9. The second-order valence-electron chi connectivity index (χ2n) is 4.90. The predicted octanol–water partition coefficient (Wildman–Crippen LogP) is 2.61. The van der Waals surface area contributed by atoms with Crippen molar-refractivity contribution in [1.29, 1.82) is 0 Å². The molecule has 1 aromatic heterocycles. The molecule has 5 nitrogen and oxygen atoms in total. The highest BCUT2D eigenvalue weighted by molar-refractivity contribution is 9.11. The fourth-order valence-electron chi connectivity index (χ4n) is 2.03. The molecule has 0 bridgehead atoms. The number of aliphatic carboxylic acids is 1. The van der Waals surface area contributed by atoms with Gasteiger partial charge in [-0.1, -0.05) is 0 Å². The summed E-state index contributed by atoms with van der Waals surface area (Å²) in [4.78, 5) is 23.7. The van der Waals surface area contributed by atoms with Gasteiger partial charge in [0.25, 0.3) is 0 Å². The third kappa shape index (κ3) is 5.13. The molecule has 2 amide bonds. The Morgan fingerprint density at radius 1 is 1.45 bits per heavy atom. The molecule has 0 radical (unpaired) electrons. The van der Waals surface area contributed by atoms with Crippen LogP contribution >= 0.6 is 27.3 Å². The maximum absolute atomic E-state index is 11.7. The van der Waals surface area contributed by atoms with E-state index in [9.17, 15) is 9.59 Å². The highest BCUT2D eigenvalue weighted by Gasteiger charge is 2.33. The number of carboxylic acid groups (broad SMARTS) is 1. The van der Waals surface area contributed by atoms with Gasteiger partial charge in [-0.2, -0.15) is 0 Å². The van der Waals surface area contributed by atoms with Crippen molar-refractivity contribution < 1.29 is 14.7 Å². The number of nitrogens with one attached hydrogen (secondary N) is 2. The molecule has 0 spiro atoms. The zero-order chi connectivity index (χ0) is 14.5. The summed E-state index contributed by atoms with van der Waals surface area (Å²) in [5.41, 5.74) is 0. The summed E-state index contributed by atoms with van der Waals surface area (Å²) in [6.07, 6.45) is 2.77. The smallest absolute Gasteiger partial charge is 0.315 e. The normalized spacial score (nSPS) is 15.7. The van der Waals surface area contributed by atoms with Crippen LogP contribution in [-0.4, -0.2) is 29.7 Å². The molecule has 20 heavy (non-hydrogen) atoms. The number of hydrogen-bond donors (Lipinski definition) is 3. The lowest BCUT2D eigenvalue weighted by atomic mass is 10.1. The Morgan fingerprint density at radius 3 is 2.75 bits per heavy atom. The van der Waals surface area contributed by atoms with Gasteiger partial charge in [0.05, 0.1) is 10.2 Å². The van der Waals surface area contributed by atoms with Crippen molar-refractivity contribution in [2.24, 2.45) is 5.92 Å². The number of rotatable bonds is 7. The van der Waals surface area contributed by atoms with Crippen LogP contribution in [0.4, 0.5) is 4.79 Å². The topological polar surface area (TPSA) is 78.4 Å². The highest BCUT2D eigenvalue weighted by atomic mass is 79.9. The molecule has 2 rings (SSSR count). The second kappa shape index (κ2) is 7.08. The fraction of sp³-hybridized carbons (Fsp3) is 0.538. The Bertz CT molecular complexity index is 488. The average molecular weight is 361 g/mol. The molecular weight excluding hydrogens is 344 g/mol. The molecule has 1 saturated carbocycles. The van der Waals surface area contributed by atoms with E-state index < -0.39 is 5.97 Å². The number of hydrogen-bond acceptors (Lipinski definition) is 3. The first-order chi connectivity index (χ1) is 9.54. The summed E-state index contributed by atoms with van der Waals surface area (Å²) in [7, 11) is 0. The van der Waals surface area contributed by atoms with Gasteiger partial charge in [-0.25, -0.2) is 4.79 Å². The van der Waals surface area contributed by atoms with E-state index in [-0.39, 0.29) is 18.5 Å². The van der Waals surface area contributed by atoms with Crippen LogP contribution in [0.3, 0.4) is 0 Å². The standard InChI is InChI=1S/C13H17BrN2O3S/c14-11-4-3-9(20-11)5-6-15-13(19)16-10(7-12(17)18)8-1-2-8/h3-4,8,10H,1-2,5-7H2,(H,17,18)(H2,15,16,19). The summed E-state index contributed by atoms with van der Waals surface area (Å²) in [5, 5.41) is 14.4. The minimum atomic E-state index is -0.870. The third-order valence-electron chi connectivity index (χ3n) is 3.19. The Labute approximate surface area is 129 Å². The molecular formula is C13H17BrN2O3S. The monoisotopic (exact) mass is 360 g/mol. The average Bonchev–Trinajstić information content (AvgIpc) is 3.12. The van der Waals surface area contributed by atoms with Crippen molar-refractivity contribution in [3.05, 3.63) is 20.8 Å². The van der Waals surface area contributed by atoms with Gasteiger partial charge in [-0.3, -0.25) is 4.79 Å². The molecule has 1 atom stereocenters. The van der Waals surface area contributed by atoms with E-state index >= 15 is 0 Å². The Hall–Kier alpha value is -1.08. The van der Waals surface area contributed by atoms with Gasteiger partial charge < -0.3 is 15.7 Å². The van der Waals surface area contributed by atoms with Gasteiger partial charge >= 0.3 is 12.0 Å². The molecule has 7 heteroatoms.